The molecule has 18 heavy (non-hydrogen) atoms. The number of aromatic nitrogens is 1. The fourth-order valence-electron chi connectivity index (χ4n) is 3.10. The third-order valence-corrected chi connectivity index (χ3v) is 3.93. The molecular formula is C15H22N2O. The highest BCUT2D eigenvalue weighted by molar-refractivity contribution is 5.71. The van der Waals surface area contributed by atoms with Crippen LogP contribution in [0.25, 0.3) is 5.57 Å². The summed E-state index contributed by atoms with van der Waals surface area (Å²) in [6.07, 6.45) is 8.21. The highest BCUT2D eigenvalue weighted by Crippen LogP contribution is 2.31. The molecule has 0 saturated carbocycles. The molecule has 1 aromatic rings. The van der Waals surface area contributed by atoms with Crippen molar-refractivity contribution in [2.24, 2.45) is 0 Å². The van der Waals surface area contributed by atoms with Crippen molar-refractivity contribution in [3.8, 4) is 0 Å². The van der Waals surface area contributed by atoms with Crippen LogP contribution in [-0.2, 0) is 24.1 Å². The SMILES string of the molecule is CCOCCc1cn2c3c1CCC=C3CNCC2. The van der Waals surface area contributed by atoms with Crippen molar-refractivity contribution in [3.05, 3.63) is 29.1 Å². The fraction of sp³-hybridized carbons (Fsp3) is 0.600. The van der Waals surface area contributed by atoms with E-state index in [1.54, 1.807) is 5.56 Å². The van der Waals surface area contributed by atoms with Crippen molar-refractivity contribution in [1.82, 2.24) is 9.88 Å². The van der Waals surface area contributed by atoms with E-state index < -0.39 is 0 Å². The van der Waals surface area contributed by atoms with Crippen LogP contribution in [0.1, 0.15) is 30.2 Å². The first-order valence-corrected chi connectivity index (χ1v) is 7.09. The summed E-state index contributed by atoms with van der Waals surface area (Å²) in [6, 6.07) is 0. The third kappa shape index (κ3) is 2.13. The molecule has 0 fully saturated rings. The summed E-state index contributed by atoms with van der Waals surface area (Å²) in [4.78, 5) is 0. The number of hydrogen-bond donors (Lipinski definition) is 1. The van der Waals surface area contributed by atoms with E-state index in [4.69, 9.17) is 4.74 Å². The van der Waals surface area contributed by atoms with Crippen molar-refractivity contribution in [3.63, 3.8) is 0 Å². The molecule has 2 heterocycles. The Labute approximate surface area is 109 Å². The summed E-state index contributed by atoms with van der Waals surface area (Å²) in [5.74, 6) is 0. The van der Waals surface area contributed by atoms with Gasteiger partial charge in [-0.05, 0) is 42.9 Å². The van der Waals surface area contributed by atoms with Crippen LogP contribution < -0.4 is 5.32 Å². The minimum atomic E-state index is 0.817. The van der Waals surface area contributed by atoms with E-state index in [0.29, 0.717) is 0 Å². The lowest BCUT2D eigenvalue weighted by molar-refractivity contribution is 0.151. The molecule has 0 spiro atoms. The van der Waals surface area contributed by atoms with Gasteiger partial charge in [0, 0.05) is 38.1 Å². The molecule has 3 rings (SSSR count). The van der Waals surface area contributed by atoms with Crippen molar-refractivity contribution < 1.29 is 4.74 Å². The van der Waals surface area contributed by atoms with E-state index in [9.17, 15) is 0 Å². The highest BCUT2D eigenvalue weighted by Gasteiger charge is 2.22. The standard InChI is InChI=1S/C15H22N2O/c1-2-18-9-6-13-11-17-8-7-16-10-12-4-3-5-14(13)15(12)17/h4,11,16H,2-3,5-10H2,1H3. The third-order valence-electron chi connectivity index (χ3n) is 3.93. The second-order valence-electron chi connectivity index (χ2n) is 5.07. The van der Waals surface area contributed by atoms with Crippen LogP contribution in [-0.4, -0.2) is 30.9 Å². The van der Waals surface area contributed by atoms with Crippen molar-refractivity contribution in [2.45, 2.75) is 32.7 Å². The van der Waals surface area contributed by atoms with Gasteiger partial charge in [-0.25, -0.2) is 0 Å². The quantitative estimate of drug-likeness (QED) is 0.822. The molecule has 0 bridgehead atoms. The van der Waals surface area contributed by atoms with E-state index in [1.165, 1.54) is 29.7 Å². The van der Waals surface area contributed by atoms with Gasteiger partial charge in [-0.2, -0.15) is 0 Å². The van der Waals surface area contributed by atoms with E-state index >= 15 is 0 Å². The Hall–Kier alpha value is -1.06. The maximum Gasteiger partial charge on any atom is 0.0506 e. The van der Waals surface area contributed by atoms with E-state index in [-0.39, 0.29) is 0 Å². The van der Waals surface area contributed by atoms with Crippen LogP contribution in [0.2, 0.25) is 0 Å². The molecule has 1 aliphatic heterocycles. The van der Waals surface area contributed by atoms with E-state index in [1.807, 2.05) is 0 Å². The van der Waals surface area contributed by atoms with Crippen LogP contribution in [0.4, 0.5) is 0 Å². The lowest BCUT2D eigenvalue weighted by Gasteiger charge is -2.15. The first-order chi connectivity index (χ1) is 8.90. The molecule has 2 aliphatic rings. The molecule has 98 valence electrons. The maximum absolute atomic E-state index is 5.50. The van der Waals surface area contributed by atoms with Gasteiger partial charge in [0.1, 0.15) is 0 Å². The summed E-state index contributed by atoms with van der Waals surface area (Å²) >= 11 is 0. The Balaban J connectivity index is 1.90. The van der Waals surface area contributed by atoms with Gasteiger partial charge in [-0.3, -0.25) is 0 Å². The Morgan fingerprint density at radius 2 is 2.39 bits per heavy atom. The molecule has 0 unspecified atom stereocenters. The van der Waals surface area contributed by atoms with Crippen LogP contribution >= 0.6 is 0 Å². The molecule has 0 aromatic carbocycles. The molecule has 0 saturated heterocycles. The number of nitrogens with zero attached hydrogens (tertiary/aromatic N) is 1. The molecule has 1 N–H and O–H groups in total. The monoisotopic (exact) mass is 246 g/mol. The molecule has 0 amide bonds. The molecular weight excluding hydrogens is 224 g/mol. The smallest absolute Gasteiger partial charge is 0.0506 e. The average Bonchev–Trinajstić information content (AvgIpc) is 2.61. The Bertz CT molecular complexity index is 459. The van der Waals surface area contributed by atoms with Gasteiger partial charge in [0.15, 0.2) is 0 Å². The normalized spacial score (nSPS) is 18.2. The fourth-order valence-corrected chi connectivity index (χ4v) is 3.10. The van der Waals surface area contributed by atoms with Gasteiger partial charge >= 0.3 is 0 Å². The summed E-state index contributed by atoms with van der Waals surface area (Å²) < 4.78 is 7.95. The number of allylic oxidation sites excluding steroid dienone is 1. The number of nitrogens with one attached hydrogen (secondary N) is 1. The minimum Gasteiger partial charge on any atom is -0.381 e. The van der Waals surface area contributed by atoms with E-state index in [0.717, 1.165) is 39.3 Å². The second kappa shape index (κ2) is 5.29. The van der Waals surface area contributed by atoms with Crippen molar-refractivity contribution >= 4 is 5.57 Å². The average molecular weight is 246 g/mol. The predicted molar refractivity (Wildman–Crippen MR) is 73.8 cm³/mol. The van der Waals surface area contributed by atoms with Gasteiger partial charge in [-0.1, -0.05) is 6.08 Å². The van der Waals surface area contributed by atoms with E-state index in [2.05, 4.69) is 29.1 Å². The number of rotatable bonds is 4. The molecule has 1 aromatic heterocycles. The zero-order chi connectivity index (χ0) is 12.4. The number of hydrogen-bond acceptors (Lipinski definition) is 2. The number of ether oxygens (including phenoxy) is 1. The van der Waals surface area contributed by atoms with Crippen molar-refractivity contribution in [1.29, 1.82) is 0 Å². The Morgan fingerprint density at radius 1 is 1.44 bits per heavy atom. The largest absolute Gasteiger partial charge is 0.381 e. The van der Waals surface area contributed by atoms with Crippen molar-refractivity contribution in [2.75, 3.05) is 26.3 Å². The first-order valence-electron chi connectivity index (χ1n) is 7.09. The van der Waals surface area contributed by atoms with Crippen LogP contribution in [0.3, 0.4) is 0 Å². The van der Waals surface area contributed by atoms with Crippen LogP contribution in [0.15, 0.2) is 12.3 Å². The highest BCUT2D eigenvalue weighted by atomic mass is 16.5. The second-order valence-corrected chi connectivity index (χ2v) is 5.07. The molecule has 3 heteroatoms. The molecule has 1 aliphatic carbocycles. The summed E-state index contributed by atoms with van der Waals surface area (Å²) in [7, 11) is 0. The molecule has 3 nitrogen and oxygen atoms in total. The Kier molecular flexibility index (Phi) is 3.52. The molecule has 0 atom stereocenters. The van der Waals surface area contributed by atoms with Gasteiger partial charge in [0.05, 0.1) is 6.61 Å². The zero-order valence-electron chi connectivity index (χ0n) is 11.2. The lowest BCUT2D eigenvalue weighted by atomic mass is 9.93. The summed E-state index contributed by atoms with van der Waals surface area (Å²) in [5.41, 5.74) is 6.08. The van der Waals surface area contributed by atoms with Crippen LogP contribution in [0, 0.1) is 0 Å². The zero-order valence-corrected chi connectivity index (χ0v) is 11.2. The first kappa shape index (κ1) is 12.0. The van der Waals surface area contributed by atoms with Gasteiger partial charge in [-0.15, -0.1) is 0 Å². The predicted octanol–water partition coefficient (Wildman–Crippen LogP) is 2.00. The van der Waals surface area contributed by atoms with Gasteiger partial charge in [0.25, 0.3) is 0 Å². The summed E-state index contributed by atoms with van der Waals surface area (Å²) in [5, 5.41) is 3.50. The lowest BCUT2D eigenvalue weighted by Crippen LogP contribution is -2.17. The van der Waals surface area contributed by atoms with Gasteiger partial charge in [0.2, 0.25) is 0 Å². The maximum atomic E-state index is 5.50. The Morgan fingerprint density at radius 3 is 3.28 bits per heavy atom. The molecule has 0 radical (unpaired) electrons. The van der Waals surface area contributed by atoms with Gasteiger partial charge < -0.3 is 14.6 Å². The summed E-state index contributed by atoms with van der Waals surface area (Å²) in [6.45, 7) is 6.92. The topological polar surface area (TPSA) is 26.2 Å². The minimum absolute atomic E-state index is 0.817. The van der Waals surface area contributed by atoms with Crippen LogP contribution in [0.5, 0.6) is 0 Å².